The first-order chi connectivity index (χ1) is 6.77. The van der Waals surface area contributed by atoms with Crippen LogP contribution in [0.4, 0.5) is 0 Å². The van der Waals surface area contributed by atoms with E-state index in [0.29, 0.717) is 0 Å². The summed E-state index contributed by atoms with van der Waals surface area (Å²) in [7, 11) is 2.06. The molecule has 1 heterocycles. The maximum Gasteiger partial charge on any atom is 0.0827 e. The van der Waals surface area contributed by atoms with Gasteiger partial charge in [-0.1, -0.05) is 12.8 Å². The lowest BCUT2D eigenvalue weighted by atomic mass is 10.2. The second kappa shape index (κ2) is 6.02. The largest absolute Gasteiger partial charge is 0.374 e. The van der Waals surface area contributed by atoms with E-state index in [2.05, 4.69) is 30.1 Å². The van der Waals surface area contributed by atoms with Gasteiger partial charge in [-0.05, 0) is 13.5 Å². The zero-order valence-electron chi connectivity index (χ0n) is 9.12. The van der Waals surface area contributed by atoms with E-state index < -0.39 is 0 Å². The van der Waals surface area contributed by atoms with E-state index in [1.807, 2.05) is 0 Å². The third kappa shape index (κ3) is 3.30. The number of terminal acetylenes is 1. The fourth-order valence-electron chi connectivity index (χ4n) is 1.74. The van der Waals surface area contributed by atoms with Gasteiger partial charge in [-0.15, -0.1) is 6.42 Å². The molecule has 0 spiro atoms. The number of ether oxygens (including phenoxy) is 1. The Balaban J connectivity index is 2.31. The summed E-state index contributed by atoms with van der Waals surface area (Å²) in [4.78, 5) is 2.19. The van der Waals surface area contributed by atoms with Crippen molar-refractivity contribution in [3.05, 3.63) is 0 Å². The van der Waals surface area contributed by atoms with E-state index in [4.69, 9.17) is 11.2 Å². The van der Waals surface area contributed by atoms with Crippen molar-refractivity contribution in [3.8, 4) is 12.3 Å². The Morgan fingerprint density at radius 1 is 1.71 bits per heavy atom. The highest BCUT2D eigenvalue weighted by molar-refractivity contribution is 4.98. The topological polar surface area (TPSA) is 24.5 Å². The van der Waals surface area contributed by atoms with Gasteiger partial charge < -0.3 is 10.1 Å². The van der Waals surface area contributed by atoms with Gasteiger partial charge in [0.15, 0.2) is 0 Å². The average molecular weight is 196 g/mol. The van der Waals surface area contributed by atoms with Crippen LogP contribution in [0.25, 0.3) is 0 Å². The summed E-state index contributed by atoms with van der Waals surface area (Å²) < 4.78 is 5.61. The molecule has 0 radical (unpaired) electrons. The fraction of sp³-hybridized carbons (Fsp3) is 0.818. The number of hydrogen-bond donors (Lipinski definition) is 1. The summed E-state index contributed by atoms with van der Waals surface area (Å²) in [6, 6.07) is 0.237. The molecule has 0 aromatic rings. The van der Waals surface area contributed by atoms with E-state index in [-0.39, 0.29) is 12.1 Å². The van der Waals surface area contributed by atoms with Crippen molar-refractivity contribution < 1.29 is 4.74 Å². The third-order valence-corrected chi connectivity index (χ3v) is 2.61. The molecule has 80 valence electrons. The Hall–Kier alpha value is -0.560. The number of nitrogens with zero attached hydrogens (tertiary/aromatic N) is 1. The van der Waals surface area contributed by atoms with Crippen LogP contribution in [0.15, 0.2) is 0 Å². The Bertz CT molecular complexity index is 194. The molecule has 1 fully saturated rings. The molecule has 1 aliphatic rings. The first-order valence-corrected chi connectivity index (χ1v) is 5.26. The van der Waals surface area contributed by atoms with Gasteiger partial charge in [0.25, 0.3) is 0 Å². The maximum absolute atomic E-state index is 5.61. The molecule has 3 heteroatoms. The average Bonchev–Trinajstić information content (AvgIpc) is 2.21. The minimum atomic E-state index is 0.237. The van der Waals surface area contributed by atoms with Gasteiger partial charge in [0, 0.05) is 19.6 Å². The molecule has 1 rings (SSSR count). The second-order valence-corrected chi connectivity index (χ2v) is 3.73. The number of nitrogens with one attached hydrogen (secondary N) is 1. The quantitative estimate of drug-likeness (QED) is 0.655. The van der Waals surface area contributed by atoms with Gasteiger partial charge in [-0.3, -0.25) is 4.90 Å². The number of rotatable bonds is 4. The van der Waals surface area contributed by atoms with Crippen LogP contribution < -0.4 is 5.32 Å². The molecule has 1 saturated heterocycles. The summed E-state index contributed by atoms with van der Waals surface area (Å²) in [5.74, 6) is 2.79. The Morgan fingerprint density at radius 2 is 2.50 bits per heavy atom. The van der Waals surface area contributed by atoms with Crippen LogP contribution in [-0.2, 0) is 4.74 Å². The monoisotopic (exact) mass is 196 g/mol. The molecule has 1 N–H and O–H groups in total. The molecule has 0 aromatic heterocycles. The number of hydrogen-bond acceptors (Lipinski definition) is 3. The van der Waals surface area contributed by atoms with Gasteiger partial charge in [-0.25, -0.2) is 0 Å². The van der Waals surface area contributed by atoms with E-state index in [9.17, 15) is 0 Å². The zero-order valence-corrected chi connectivity index (χ0v) is 9.12. The smallest absolute Gasteiger partial charge is 0.0827 e. The van der Waals surface area contributed by atoms with Crippen molar-refractivity contribution in [2.75, 3.05) is 33.3 Å². The minimum Gasteiger partial charge on any atom is -0.374 e. The van der Waals surface area contributed by atoms with Crippen LogP contribution in [0.2, 0.25) is 0 Å². The highest BCUT2D eigenvalue weighted by atomic mass is 16.5. The lowest BCUT2D eigenvalue weighted by molar-refractivity contribution is 0.00639. The van der Waals surface area contributed by atoms with Gasteiger partial charge in [0.05, 0.1) is 18.8 Å². The highest BCUT2D eigenvalue weighted by Crippen LogP contribution is 2.04. The van der Waals surface area contributed by atoms with E-state index in [1.165, 1.54) is 0 Å². The Morgan fingerprint density at radius 3 is 3.00 bits per heavy atom. The summed E-state index contributed by atoms with van der Waals surface area (Å²) >= 11 is 0. The lowest BCUT2D eigenvalue weighted by Gasteiger charge is -2.30. The van der Waals surface area contributed by atoms with Crippen LogP contribution in [0.3, 0.4) is 0 Å². The molecule has 14 heavy (non-hydrogen) atoms. The SMILES string of the molecule is C#CC(CC)N(C)CC1CNCCO1. The molecule has 0 aliphatic carbocycles. The molecule has 0 amide bonds. The van der Waals surface area contributed by atoms with E-state index >= 15 is 0 Å². The predicted octanol–water partition coefficient (Wildman–Crippen LogP) is 0.318. The molecule has 2 unspecified atom stereocenters. The predicted molar refractivity (Wildman–Crippen MR) is 58.2 cm³/mol. The standard InChI is InChI=1S/C11H20N2O/c1-4-10(5-2)13(3)9-11-8-12-6-7-14-11/h1,10-12H,5-9H2,2-3H3. The van der Waals surface area contributed by atoms with Crippen molar-refractivity contribution in [1.29, 1.82) is 0 Å². The molecule has 1 aliphatic heterocycles. The maximum atomic E-state index is 5.61. The summed E-state index contributed by atoms with van der Waals surface area (Å²) in [5, 5.41) is 3.31. The van der Waals surface area contributed by atoms with Crippen LogP contribution in [-0.4, -0.2) is 50.3 Å². The third-order valence-electron chi connectivity index (χ3n) is 2.61. The van der Waals surface area contributed by atoms with Crippen LogP contribution in [0.1, 0.15) is 13.3 Å². The van der Waals surface area contributed by atoms with Gasteiger partial charge in [0.1, 0.15) is 0 Å². The van der Waals surface area contributed by atoms with Crippen molar-refractivity contribution in [2.24, 2.45) is 0 Å². The van der Waals surface area contributed by atoms with Gasteiger partial charge in [-0.2, -0.15) is 0 Å². The van der Waals surface area contributed by atoms with Crippen molar-refractivity contribution in [2.45, 2.75) is 25.5 Å². The molecule has 3 nitrogen and oxygen atoms in total. The minimum absolute atomic E-state index is 0.237. The molecular formula is C11H20N2O. The molecule has 0 saturated carbocycles. The van der Waals surface area contributed by atoms with E-state index in [0.717, 1.165) is 32.7 Å². The highest BCUT2D eigenvalue weighted by Gasteiger charge is 2.18. The Labute approximate surface area is 86.8 Å². The fourth-order valence-corrected chi connectivity index (χ4v) is 1.74. The molecule has 0 aromatic carbocycles. The summed E-state index contributed by atoms with van der Waals surface area (Å²) in [5.41, 5.74) is 0. The van der Waals surface area contributed by atoms with Crippen molar-refractivity contribution >= 4 is 0 Å². The van der Waals surface area contributed by atoms with Crippen molar-refractivity contribution in [3.63, 3.8) is 0 Å². The molecular weight excluding hydrogens is 176 g/mol. The van der Waals surface area contributed by atoms with Gasteiger partial charge in [0.2, 0.25) is 0 Å². The summed E-state index contributed by atoms with van der Waals surface area (Å²) in [6.45, 7) is 5.74. The van der Waals surface area contributed by atoms with Crippen molar-refractivity contribution in [1.82, 2.24) is 10.2 Å². The normalized spacial score (nSPS) is 24.6. The molecule has 2 atom stereocenters. The zero-order chi connectivity index (χ0) is 10.4. The number of likely N-dealkylation sites (N-methyl/N-ethyl adjacent to an activating group) is 1. The Kier molecular flexibility index (Phi) is 4.95. The summed E-state index contributed by atoms with van der Waals surface area (Å²) in [6.07, 6.45) is 6.72. The van der Waals surface area contributed by atoms with E-state index in [1.54, 1.807) is 0 Å². The second-order valence-electron chi connectivity index (χ2n) is 3.73. The molecule has 0 bridgehead atoms. The lowest BCUT2D eigenvalue weighted by Crippen LogP contribution is -2.46. The van der Waals surface area contributed by atoms with Crippen LogP contribution in [0.5, 0.6) is 0 Å². The van der Waals surface area contributed by atoms with Crippen LogP contribution in [0, 0.1) is 12.3 Å². The first kappa shape index (κ1) is 11.5. The number of morpholine rings is 1. The van der Waals surface area contributed by atoms with Gasteiger partial charge >= 0.3 is 0 Å². The van der Waals surface area contributed by atoms with Crippen LogP contribution >= 0.6 is 0 Å². The first-order valence-electron chi connectivity index (χ1n) is 5.26.